The third-order valence-corrected chi connectivity index (χ3v) is 5.34. The van der Waals surface area contributed by atoms with Crippen LogP contribution in [0.15, 0.2) is 24.3 Å². The molecule has 1 fully saturated rings. The topological polar surface area (TPSA) is 60.2 Å². The summed E-state index contributed by atoms with van der Waals surface area (Å²) in [6.07, 6.45) is 3.52. The molecule has 100 valence electrons. The summed E-state index contributed by atoms with van der Waals surface area (Å²) in [6, 6.07) is 8.50. The van der Waals surface area contributed by atoms with Gasteiger partial charge in [-0.1, -0.05) is 24.3 Å². The number of hydrogen-bond donors (Lipinski definition) is 1. The van der Waals surface area contributed by atoms with Gasteiger partial charge in [0.05, 0.1) is 11.5 Å². The first-order valence-electron chi connectivity index (χ1n) is 6.57. The molecule has 2 rings (SSSR count). The lowest BCUT2D eigenvalue weighted by Crippen LogP contribution is -2.24. The molecule has 1 aromatic carbocycles. The summed E-state index contributed by atoms with van der Waals surface area (Å²) in [6.45, 7) is 0.672. The predicted molar refractivity (Wildman–Crippen MR) is 74.3 cm³/mol. The Bertz CT molecular complexity index is 482. The molecule has 18 heavy (non-hydrogen) atoms. The molecule has 3 nitrogen and oxygen atoms in total. The highest BCUT2D eigenvalue weighted by atomic mass is 32.2. The van der Waals surface area contributed by atoms with Crippen molar-refractivity contribution in [1.29, 1.82) is 0 Å². The monoisotopic (exact) mass is 267 g/mol. The Labute approximate surface area is 109 Å². The first-order valence-corrected chi connectivity index (χ1v) is 8.39. The summed E-state index contributed by atoms with van der Waals surface area (Å²) in [7, 11) is -2.74. The van der Waals surface area contributed by atoms with Crippen LogP contribution in [-0.4, -0.2) is 26.5 Å². The quantitative estimate of drug-likeness (QED) is 0.900. The van der Waals surface area contributed by atoms with Gasteiger partial charge in [0.25, 0.3) is 0 Å². The number of benzene rings is 1. The average molecular weight is 267 g/mol. The van der Waals surface area contributed by atoms with Gasteiger partial charge in [0, 0.05) is 0 Å². The van der Waals surface area contributed by atoms with Crippen molar-refractivity contribution in [3.05, 3.63) is 35.4 Å². The van der Waals surface area contributed by atoms with E-state index in [0.29, 0.717) is 24.0 Å². The summed E-state index contributed by atoms with van der Waals surface area (Å²) >= 11 is 0. The molecule has 0 radical (unpaired) electrons. The third-order valence-electron chi connectivity index (χ3n) is 3.62. The number of sulfone groups is 1. The van der Waals surface area contributed by atoms with Gasteiger partial charge >= 0.3 is 0 Å². The molecule has 0 bridgehead atoms. The lowest BCUT2D eigenvalue weighted by Gasteiger charge is -2.22. The van der Waals surface area contributed by atoms with Crippen molar-refractivity contribution in [3.8, 4) is 0 Å². The molecule has 0 aromatic heterocycles. The van der Waals surface area contributed by atoms with E-state index in [0.717, 1.165) is 25.7 Å². The summed E-state index contributed by atoms with van der Waals surface area (Å²) in [5.74, 6) is 1.24. The number of hydrogen-bond acceptors (Lipinski definition) is 3. The SMILES string of the molecule is NCCc1cccc(CC2CCS(=O)(=O)CC2)c1. The molecule has 1 heterocycles. The van der Waals surface area contributed by atoms with E-state index < -0.39 is 9.84 Å². The van der Waals surface area contributed by atoms with Gasteiger partial charge < -0.3 is 5.73 Å². The van der Waals surface area contributed by atoms with E-state index in [1.807, 2.05) is 0 Å². The maximum atomic E-state index is 11.4. The van der Waals surface area contributed by atoms with E-state index in [4.69, 9.17) is 5.73 Å². The van der Waals surface area contributed by atoms with Crippen molar-refractivity contribution < 1.29 is 8.42 Å². The van der Waals surface area contributed by atoms with Gasteiger partial charge in [0.15, 0.2) is 0 Å². The molecular formula is C14H21NO2S. The maximum absolute atomic E-state index is 11.4. The highest BCUT2D eigenvalue weighted by molar-refractivity contribution is 7.91. The van der Waals surface area contributed by atoms with Crippen LogP contribution in [0.2, 0.25) is 0 Å². The molecule has 0 atom stereocenters. The molecule has 0 aliphatic carbocycles. The van der Waals surface area contributed by atoms with Crippen LogP contribution in [0.25, 0.3) is 0 Å². The summed E-state index contributed by atoms with van der Waals surface area (Å²) in [4.78, 5) is 0. The van der Waals surface area contributed by atoms with E-state index in [-0.39, 0.29) is 0 Å². The number of nitrogens with two attached hydrogens (primary N) is 1. The normalized spacial score (nSPS) is 19.8. The zero-order chi connectivity index (χ0) is 13.0. The molecule has 0 saturated carbocycles. The Balaban J connectivity index is 1.95. The van der Waals surface area contributed by atoms with E-state index in [2.05, 4.69) is 24.3 Å². The summed E-state index contributed by atoms with van der Waals surface area (Å²) < 4.78 is 22.7. The highest BCUT2D eigenvalue weighted by Gasteiger charge is 2.23. The lowest BCUT2D eigenvalue weighted by atomic mass is 9.93. The van der Waals surface area contributed by atoms with Gasteiger partial charge in [-0.3, -0.25) is 0 Å². The molecule has 1 aromatic rings. The van der Waals surface area contributed by atoms with Crippen LogP contribution in [0.4, 0.5) is 0 Å². The molecular weight excluding hydrogens is 246 g/mol. The van der Waals surface area contributed by atoms with Gasteiger partial charge in [-0.2, -0.15) is 0 Å². The Hall–Kier alpha value is -0.870. The van der Waals surface area contributed by atoms with Crippen molar-refractivity contribution in [2.24, 2.45) is 11.7 Å². The Morgan fingerprint density at radius 2 is 1.83 bits per heavy atom. The van der Waals surface area contributed by atoms with Crippen molar-refractivity contribution in [1.82, 2.24) is 0 Å². The van der Waals surface area contributed by atoms with Crippen molar-refractivity contribution in [2.45, 2.75) is 25.7 Å². The highest BCUT2D eigenvalue weighted by Crippen LogP contribution is 2.23. The van der Waals surface area contributed by atoms with Gasteiger partial charge in [-0.15, -0.1) is 0 Å². The summed E-state index contributed by atoms with van der Waals surface area (Å²) in [5.41, 5.74) is 8.14. The second-order valence-corrected chi connectivity index (χ2v) is 7.46. The van der Waals surface area contributed by atoms with Crippen LogP contribution in [0, 0.1) is 5.92 Å². The van der Waals surface area contributed by atoms with Crippen LogP contribution in [0.5, 0.6) is 0 Å². The molecule has 1 aliphatic rings. The Kier molecular flexibility index (Phi) is 4.40. The van der Waals surface area contributed by atoms with Crippen LogP contribution in [0.3, 0.4) is 0 Å². The fourth-order valence-electron chi connectivity index (χ4n) is 2.56. The van der Waals surface area contributed by atoms with E-state index in [1.165, 1.54) is 11.1 Å². The Morgan fingerprint density at radius 1 is 1.17 bits per heavy atom. The minimum atomic E-state index is -2.74. The molecule has 2 N–H and O–H groups in total. The zero-order valence-electron chi connectivity index (χ0n) is 10.6. The summed E-state index contributed by atoms with van der Waals surface area (Å²) in [5, 5.41) is 0. The van der Waals surface area contributed by atoms with Crippen molar-refractivity contribution >= 4 is 9.84 Å². The van der Waals surface area contributed by atoms with Gasteiger partial charge in [0.2, 0.25) is 0 Å². The molecule has 0 unspecified atom stereocenters. The maximum Gasteiger partial charge on any atom is 0.150 e. The molecule has 0 spiro atoms. The van der Waals surface area contributed by atoms with Crippen LogP contribution in [0.1, 0.15) is 24.0 Å². The lowest BCUT2D eigenvalue weighted by molar-refractivity contribution is 0.463. The fraction of sp³-hybridized carbons (Fsp3) is 0.571. The molecule has 0 amide bonds. The van der Waals surface area contributed by atoms with Gasteiger partial charge in [-0.05, 0) is 49.3 Å². The first-order chi connectivity index (χ1) is 8.59. The molecule has 1 saturated heterocycles. The average Bonchev–Trinajstić information content (AvgIpc) is 2.33. The minimum absolute atomic E-state index is 0.361. The molecule has 1 aliphatic heterocycles. The van der Waals surface area contributed by atoms with Crippen molar-refractivity contribution in [2.75, 3.05) is 18.1 Å². The van der Waals surface area contributed by atoms with E-state index >= 15 is 0 Å². The van der Waals surface area contributed by atoms with Crippen LogP contribution in [-0.2, 0) is 22.7 Å². The number of rotatable bonds is 4. The minimum Gasteiger partial charge on any atom is -0.330 e. The molecule has 4 heteroatoms. The largest absolute Gasteiger partial charge is 0.330 e. The van der Waals surface area contributed by atoms with E-state index in [1.54, 1.807) is 0 Å². The Morgan fingerprint density at radius 3 is 2.50 bits per heavy atom. The van der Waals surface area contributed by atoms with Gasteiger partial charge in [0.1, 0.15) is 9.84 Å². The van der Waals surface area contributed by atoms with Crippen molar-refractivity contribution in [3.63, 3.8) is 0 Å². The second-order valence-electron chi connectivity index (χ2n) is 5.16. The van der Waals surface area contributed by atoms with Crippen LogP contribution >= 0.6 is 0 Å². The first kappa shape index (κ1) is 13.6. The zero-order valence-corrected chi connectivity index (χ0v) is 11.5. The predicted octanol–water partition coefficient (Wildman–Crippen LogP) is 1.56. The van der Waals surface area contributed by atoms with Crippen LogP contribution < -0.4 is 5.73 Å². The standard InChI is InChI=1S/C14H21NO2S/c15-7-4-12-2-1-3-14(10-12)11-13-5-8-18(16,17)9-6-13/h1-3,10,13H,4-9,11,15H2. The third kappa shape index (κ3) is 3.82. The second kappa shape index (κ2) is 5.85. The van der Waals surface area contributed by atoms with Gasteiger partial charge in [-0.25, -0.2) is 8.42 Å². The van der Waals surface area contributed by atoms with E-state index in [9.17, 15) is 8.42 Å². The fourth-order valence-corrected chi connectivity index (χ4v) is 4.14. The smallest absolute Gasteiger partial charge is 0.150 e.